The standard InChI is InChI=1S/C27H38FN3O3/c1-19(2)18-31-24(33)27(29-25(31)34,17-20-8-7-9-22(28)16-20)21-10-14-30(15-11-21)23(32)26(3)12-5-4-6-13-26/h7-9,16,19,21H,4-6,10-15,17-18H2,1-3H3,(H,29,34). The van der Waals surface area contributed by atoms with Crippen LogP contribution in [0.3, 0.4) is 0 Å². The van der Waals surface area contributed by atoms with Crippen molar-refractivity contribution in [3.63, 3.8) is 0 Å². The maximum absolute atomic E-state index is 14.0. The number of hydrogen-bond acceptors (Lipinski definition) is 3. The van der Waals surface area contributed by atoms with Crippen LogP contribution in [0.5, 0.6) is 0 Å². The third-order valence-corrected chi connectivity index (χ3v) is 8.07. The average molecular weight is 472 g/mol. The molecule has 6 nitrogen and oxygen atoms in total. The van der Waals surface area contributed by atoms with Crippen LogP contribution < -0.4 is 5.32 Å². The quantitative estimate of drug-likeness (QED) is 0.620. The summed E-state index contributed by atoms with van der Waals surface area (Å²) in [4.78, 5) is 43.3. The Morgan fingerprint density at radius 3 is 2.44 bits per heavy atom. The minimum atomic E-state index is -1.11. The Labute approximate surface area is 202 Å². The maximum atomic E-state index is 14.0. The van der Waals surface area contributed by atoms with Crippen molar-refractivity contribution in [3.8, 4) is 0 Å². The van der Waals surface area contributed by atoms with Crippen LogP contribution in [0.2, 0.25) is 0 Å². The van der Waals surface area contributed by atoms with E-state index in [9.17, 15) is 18.8 Å². The minimum absolute atomic E-state index is 0.118. The molecule has 4 rings (SSSR count). The predicted molar refractivity (Wildman–Crippen MR) is 128 cm³/mol. The Morgan fingerprint density at radius 1 is 1.15 bits per heavy atom. The first-order valence-corrected chi connectivity index (χ1v) is 12.8. The molecule has 1 aromatic carbocycles. The van der Waals surface area contributed by atoms with Crippen molar-refractivity contribution in [1.82, 2.24) is 15.1 Å². The lowest BCUT2D eigenvalue weighted by Gasteiger charge is -2.44. The number of benzene rings is 1. The Morgan fingerprint density at radius 2 is 1.82 bits per heavy atom. The van der Waals surface area contributed by atoms with Crippen LogP contribution in [-0.2, 0) is 16.0 Å². The molecule has 0 bridgehead atoms. The summed E-state index contributed by atoms with van der Waals surface area (Å²) in [6.07, 6.45) is 6.80. The topological polar surface area (TPSA) is 69.7 Å². The molecule has 3 fully saturated rings. The summed E-state index contributed by atoms with van der Waals surface area (Å²) >= 11 is 0. The lowest BCUT2D eigenvalue weighted by atomic mass is 9.72. The van der Waals surface area contributed by atoms with Crippen molar-refractivity contribution in [2.45, 2.75) is 77.7 Å². The smallest absolute Gasteiger partial charge is 0.325 e. The Kier molecular flexibility index (Phi) is 7.02. The van der Waals surface area contributed by atoms with Gasteiger partial charge in [0.2, 0.25) is 5.91 Å². The van der Waals surface area contributed by atoms with Gasteiger partial charge in [-0.25, -0.2) is 9.18 Å². The number of hydrogen-bond donors (Lipinski definition) is 1. The second-order valence-corrected chi connectivity index (χ2v) is 11.2. The Balaban J connectivity index is 1.55. The first-order valence-electron chi connectivity index (χ1n) is 12.8. The van der Waals surface area contributed by atoms with E-state index in [1.54, 1.807) is 12.1 Å². The van der Waals surface area contributed by atoms with Gasteiger partial charge in [-0.1, -0.05) is 52.2 Å². The molecule has 0 spiro atoms. The van der Waals surface area contributed by atoms with Crippen LogP contribution in [0, 0.1) is 23.1 Å². The number of amides is 4. The van der Waals surface area contributed by atoms with E-state index in [4.69, 9.17) is 0 Å². The van der Waals surface area contributed by atoms with Crippen LogP contribution in [0.15, 0.2) is 24.3 Å². The van der Waals surface area contributed by atoms with Crippen LogP contribution in [-0.4, -0.2) is 52.8 Å². The summed E-state index contributed by atoms with van der Waals surface area (Å²) in [5.41, 5.74) is -0.701. The molecule has 3 aliphatic rings. The van der Waals surface area contributed by atoms with E-state index in [0.717, 1.165) is 25.7 Å². The van der Waals surface area contributed by atoms with Crippen LogP contribution >= 0.6 is 0 Å². The van der Waals surface area contributed by atoms with Crippen LogP contribution in [0.1, 0.15) is 71.3 Å². The highest BCUT2D eigenvalue weighted by atomic mass is 19.1. The lowest BCUT2D eigenvalue weighted by Crippen LogP contribution is -2.58. The molecule has 1 atom stereocenters. The zero-order valence-electron chi connectivity index (χ0n) is 20.7. The fourth-order valence-electron chi connectivity index (χ4n) is 6.19. The van der Waals surface area contributed by atoms with Gasteiger partial charge in [0.25, 0.3) is 5.91 Å². The van der Waals surface area contributed by atoms with Gasteiger partial charge in [0.1, 0.15) is 11.4 Å². The molecule has 0 radical (unpaired) electrons. The first-order chi connectivity index (χ1) is 16.1. The molecule has 1 aromatic rings. The second-order valence-electron chi connectivity index (χ2n) is 11.2. The van der Waals surface area contributed by atoms with Crippen molar-refractivity contribution in [3.05, 3.63) is 35.6 Å². The van der Waals surface area contributed by atoms with Gasteiger partial charge in [0, 0.05) is 31.5 Å². The summed E-state index contributed by atoms with van der Waals surface area (Å²) in [5, 5.41) is 3.04. The van der Waals surface area contributed by atoms with Gasteiger partial charge in [-0.2, -0.15) is 0 Å². The Hall–Kier alpha value is -2.44. The van der Waals surface area contributed by atoms with Crippen molar-refractivity contribution in [2.24, 2.45) is 17.3 Å². The number of piperidine rings is 1. The molecule has 7 heteroatoms. The van der Waals surface area contributed by atoms with E-state index in [0.29, 0.717) is 38.0 Å². The molecule has 4 amide bonds. The highest BCUT2D eigenvalue weighted by Gasteiger charge is 2.56. The van der Waals surface area contributed by atoms with E-state index >= 15 is 0 Å². The molecule has 2 heterocycles. The van der Waals surface area contributed by atoms with Crippen LogP contribution in [0.4, 0.5) is 9.18 Å². The van der Waals surface area contributed by atoms with E-state index in [-0.39, 0.29) is 47.3 Å². The molecular weight excluding hydrogens is 433 g/mol. The van der Waals surface area contributed by atoms with E-state index in [1.807, 2.05) is 18.7 Å². The van der Waals surface area contributed by atoms with Gasteiger partial charge in [0.05, 0.1) is 0 Å². The molecule has 186 valence electrons. The number of imide groups is 1. The third-order valence-electron chi connectivity index (χ3n) is 8.07. The van der Waals surface area contributed by atoms with Gasteiger partial charge >= 0.3 is 6.03 Å². The SMILES string of the molecule is CC(C)CN1C(=O)NC(Cc2cccc(F)c2)(C2CCN(C(=O)C3(C)CCCCC3)CC2)C1=O. The number of carbonyl (C=O) groups excluding carboxylic acids is 3. The second kappa shape index (κ2) is 9.67. The van der Waals surface area contributed by atoms with Gasteiger partial charge in [-0.3, -0.25) is 14.5 Å². The molecule has 2 saturated heterocycles. The fourth-order valence-corrected chi connectivity index (χ4v) is 6.19. The van der Waals surface area contributed by atoms with Gasteiger partial charge in [-0.15, -0.1) is 0 Å². The predicted octanol–water partition coefficient (Wildman–Crippen LogP) is 4.52. The zero-order valence-corrected chi connectivity index (χ0v) is 20.7. The zero-order chi connectivity index (χ0) is 24.5. The highest BCUT2D eigenvalue weighted by molar-refractivity contribution is 6.07. The number of likely N-dealkylation sites (tertiary alicyclic amines) is 1. The monoisotopic (exact) mass is 471 g/mol. The number of nitrogens with zero attached hydrogens (tertiary/aromatic N) is 2. The number of nitrogens with one attached hydrogen (secondary N) is 1. The molecule has 2 aliphatic heterocycles. The molecule has 1 saturated carbocycles. The van der Waals surface area contributed by atoms with E-state index < -0.39 is 5.54 Å². The molecule has 0 aromatic heterocycles. The van der Waals surface area contributed by atoms with Crippen molar-refractivity contribution < 1.29 is 18.8 Å². The molecular formula is C27H38FN3O3. The van der Waals surface area contributed by atoms with Crippen LogP contribution in [0.25, 0.3) is 0 Å². The maximum Gasteiger partial charge on any atom is 0.325 e. The largest absolute Gasteiger partial charge is 0.342 e. The third kappa shape index (κ3) is 4.71. The highest BCUT2D eigenvalue weighted by Crippen LogP contribution is 2.41. The van der Waals surface area contributed by atoms with Gasteiger partial charge in [0.15, 0.2) is 0 Å². The average Bonchev–Trinajstić information content (AvgIpc) is 3.04. The summed E-state index contributed by atoms with van der Waals surface area (Å²) in [5.74, 6) is -0.319. The minimum Gasteiger partial charge on any atom is -0.342 e. The molecule has 1 N–H and O–H groups in total. The fraction of sp³-hybridized carbons (Fsp3) is 0.667. The number of urea groups is 1. The molecule has 1 aliphatic carbocycles. The van der Waals surface area contributed by atoms with E-state index in [2.05, 4.69) is 12.2 Å². The number of carbonyl (C=O) groups is 3. The summed E-state index contributed by atoms with van der Waals surface area (Å²) in [6.45, 7) is 7.56. The van der Waals surface area contributed by atoms with Crippen molar-refractivity contribution in [1.29, 1.82) is 0 Å². The molecule has 1 unspecified atom stereocenters. The summed E-state index contributed by atoms with van der Waals surface area (Å²) in [6, 6.07) is 5.89. The van der Waals surface area contributed by atoms with Gasteiger partial charge < -0.3 is 10.2 Å². The van der Waals surface area contributed by atoms with E-state index in [1.165, 1.54) is 23.5 Å². The first kappa shape index (κ1) is 24.7. The Bertz CT molecular complexity index is 935. The number of halogens is 1. The lowest BCUT2D eigenvalue weighted by molar-refractivity contribution is -0.145. The van der Waals surface area contributed by atoms with Crippen molar-refractivity contribution >= 4 is 17.8 Å². The summed E-state index contributed by atoms with van der Waals surface area (Å²) in [7, 11) is 0. The normalized spacial score (nSPS) is 25.7. The van der Waals surface area contributed by atoms with Crippen molar-refractivity contribution in [2.75, 3.05) is 19.6 Å². The van der Waals surface area contributed by atoms with Gasteiger partial charge in [-0.05, 0) is 55.2 Å². The number of rotatable bonds is 6. The summed E-state index contributed by atoms with van der Waals surface area (Å²) < 4.78 is 14.0. The molecule has 34 heavy (non-hydrogen) atoms.